The maximum atomic E-state index is 10.8. The van der Waals surface area contributed by atoms with Crippen LogP contribution in [0.3, 0.4) is 0 Å². The maximum Gasteiger partial charge on any atom is 0.163 e. The van der Waals surface area contributed by atoms with Gasteiger partial charge in [-0.15, -0.1) is 0 Å². The molecule has 0 unspecified atom stereocenters. The summed E-state index contributed by atoms with van der Waals surface area (Å²) in [5.41, 5.74) is 0. The summed E-state index contributed by atoms with van der Waals surface area (Å²) in [6, 6.07) is 0. The number of ketones is 1. The molecule has 0 N–H and O–H groups in total. The van der Waals surface area contributed by atoms with Crippen LogP contribution in [0, 0.1) is 0 Å². The Morgan fingerprint density at radius 3 is 2.56 bits per heavy atom. The molecule has 2 nitrogen and oxygen atoms in total. The Kier molecular flexibility index (Phi) is 1.86. The normalized spacial score (nSPS) is 32.2. The van der Waals surface area contributed by atoms with Gasteiger partial charge in [-0.3, -0.25) is 4.79 Å². The molecule has 0 aromatic carbocycles. The number of ether oxygens (including phenoxy) is 1. The van der Waals surface area contributed by atoms with Crippen LogP contribution in [0.2, 0.25) is 0 Å². The van der Waals surface area contributed by atoms with Gasteiger partial charge in [-0.1, -0.05) is 13.8 Å². The van der Waals surface area contributed by atoms with Gasteiger partial charge >= 0.3 is 0 Å². The van der Waals surface area contributed by atoms with Crippen molar-refractivity contribution in [2.24, 2.45) is 0 Å². The predicted molar refractivity (Wildman–Crippen MR) is 34.2 cm³/mol. The van der Waals surface area contributed by atoms with Gasteiger partial charge in [0.25, 0.3) is 0 Å². The summed E-state index contributed by atoms with van der Waals surface area (Å²) >= 11 is 0. The van der Waals surface area contributed by atoms with Crippen molar-refractivity contribution in [1.82, 2.24) is 0 Å². The molecule has 0 aromatic rings. The van der Waals surface area contributed by atoms with Crippen molar-refractivity contribution in [3.63, 3.8) is 0 Å². The second kappa shape index (κ2) is 2.48. The number of carbonyl (C=O) groups excluding carboxylic acids is 1. The van der Waals surface area contributed by atoms with Crippen LogP contribution >= 0.6 is 0 Å². The number of Topliss-reactive ketones (excluding diaryl/α,β-unsaturated/α-hetero) is 1. The molecule has 1 heterocycles. The number of epoxide rings is 1. The lowest BCUT2D eigenvalue weighted by molar-refractivity contribution is -0.119. The molecule has 0 aliphatic carbocycles. The second-order valence-electron chi connectivity index (χ2n) is 2.32. The first-order chi connectivity index (χ1) is 4.29. The summed E-state index contributed by atoms with van der Waals surface area (Å²) in [7, 11) is 0. The van der Waals surface area contributed by atoms with Gasteiger partial charge in [0.15, 0.2) is 5.78 Å². The Morgan fingerprint density at radius 1 is 1.56 bits per heavy atom. The van der Waals surface area contributed by atoms with Crippen molar-refractivity contribution in [3.8, 4) is 0 Å². The predicted octanol–water partition coefficient (Wildman–Crippen LogP) is 1.14. The van der Waals surface area contributed by atoms with Crippen molar-refractivity contribution >= 4 is 5.78 Å². The Bertz CT molecular complexity index is 120. The monoisotopic (exact) mass is 128 g/mol. The van der Waals surface area contributed by atoms with Gasteiger partial charge < -0.3 is 4.74 Å². The zero-order valence-corrected chi connectivity index (χ0v) is 5.89. The lowest BCUT2D eigenvalue weighted by atomic mass is 10.1. The second-order valence-corrected chi connectivity index (χ2v) is 2.32. The van der Waals surface area contributed by atoms with E-state index in [0.717, 1.165) is 6.42 Å². The molecule has 1 aliphatic rings. The highest BCUT2D eigenvalue weighted by Crippen LogP contribution is 2.26. The molecule has 0 radical (unpaired) electrons. The van der Waals surface area contributed by atoms with Crippen LogP contribution in [0.1, 0.15) is 26.7 Å². The molecule has 1 aliphatic heterocycles. The number of hydrogen-bond donors (Lipinski definition) is 0. The smallest absolute Gasteiger partial charge is 0.163 e. The third kappa shape index (κ3) is 1.30. The van der Waals surface area contributed by atoms with Crippen LogP contribution in [0.25, 0.3) is 0 Å². The maximum absolute atomic E-state index is 10.8. The summed E-state index contributed by atoms with van der Waals surface area (Å²) in [6.07, 6.45) is 1.79. The molecule has 0 aromatic heterocycles. The molecular formula is C7H12O2. The zero-order valence-electron chi connectivity index (χ0n) is 5.89. The number of rotatable bonds is 3. The molecule has 1 saturated heterocycles. The minimum Gasteiger partial charge on any atom is -0.361 e. The summed E-state index contributed by atoms with van der Waals surface area (Å²) in [5, 5.41) is 0. The first kappa shape index (κ1) is 6.75. The van der Waals surface area contributed by atoms with E-state index in [-0.39, 0.29) is 18.0 Å². The zero-order chi connectivity index (χ0) is 6.85. The molecule has 0 saturated carbocycles. The Morgan fingerprint density at radius 2 is 2.22 bits per heavy atom. The summed E-state index contributed by atoms with van der Waals surface area (Å²) in [4.78, 5) is 10.8. The van der Waals surface area contributed by atoms with Crippen LogP contribution in [-0.2, 0) is 9.53 Å². The van der Waals surface area contributed by atoms with Crippen molar-refractivity contribution in [2.45, 2.75) is 38.9 Å². The molecule has 0 bridgehead atoms. The molecule has 9 heavy (non-hydrogen) atoms. The molecule has 52 valence electrons. The Labute approximate surface area is 55.2 Å². The highest BCUT2D eigenvalue weighted by Gasteiger charge is 2.41. The van der Waals surface area contributed by atoms with E-state index < -0.39 is 0 Å². The first-order valence-corrected chi connectivity index (χ1v) is 3.47. The van der Waals surface area contributed by atoms with E-state index >= 15 is 0 Å². The van der Waals surface area contributed by atoms with Crippen LogP contribution in [0.15, 0.2) is 0 Å². The van der Waals surface area contributed by atoms with E-state index in [1.165, 1.54) is 0 Å². The van der Waals surface area contributed by atoms with Crippen LogP contribution in [0.4, 0.5) is 0 Å². The molecule has 1 fully saturated rings. The van der Waals surface area contributed by atoms with Crippen molar-refractivity contribution in [1.29, 1.82) is 0 Å². The van der Waals surface area contributed by atoms with Gasteiger partial charge in [0, 0.05) is 6.42 Å². The lowest BCUT2D eigenvalue weighted by Gasteiger charge is -1.85. The quantitative estimate of drug-likeness (QED) is 0.533. The minimum atomic E-state index is -0.0417. The van der Waals surface area contributed by atoms with Gasteiger partial charge in [-0.05, 0) is 6.42 Å². The van der Waals surface area contributed by atoms with Crippen LogP contribution < -0.4 is 0 Å². The third-order valence-electron chi connectivity index (χ3n) is 1.65. The van der Waals surface area contributed by atoms with E-state index in [0.29, 0.717) is 6.42 Å². The van der Waals surface area contributed by atoms with E-state index in [9.17, 15) is 4.79 Å². The lowest BCUT2D eigenvalue weighted by Crippen LogP contribution is -2.06. The van der Waals surface area contributed by atoms with Crippen LogP contribution in [0.5, 0.6) is 0 Å². The molecule has 1 rings (SSSR count). The van der Waals surface area contributed by atoms with Crippen molar-refractivity contribution in [2.75, 3.05) is 0 Å². The standard InChI is InChI=1S/C7H12O2/c1-3-5(8)7-6(4-2)9-7/h6-7H,3-4H2,1-2H3/t6-,7-/m1/s1. The van der Waals surface area contributed by atoms with Crippen LogP contribution in [-0.4, -0.2) is 18.0 Å². The van der Waals surface area contributed by atoms with Gasteiger partial charge in [0.1, 0.15) is 6.10 Å². The number of carbonyl (C=O) groups is 1. The largest absolute Gasteiger partial charge is 0.361 e. The fraction of sp³-hybridized carbons (Fsp3) is 0.857. The SMILES string of the molecule is CCC(=O)[C@H]1O[C@@H]1CC. The average Bonchev–Trinajstić information content (AvgIpc) is 2.64. The van der Waals surface area contributed by atoms with Crippen molar-refractivity contribution in [3.05, 3.63) is 0 Å². The topological polar surface area (TPSA) is 29.6 Å². The molecular weight excluding hydrogens is 116 g/mol. The Hall–Kier alpha value is -0.370. The molecule has 2 atom stereocenters. The fourth-order valence-electron chi connectivity index (χ4n) is 0.938. The first-order valence-electron chi connectivity index (χ1n) is 3.47. The fourth-order valence-corrected chi connectivity index (χ4v) is 0.938. The van der Waals surface area contributed by atoms with E-state index in [1.807, 2.05) is 13.8 Å². The van der Waals surface area contributed by atoms with E-state index in [2.05, 4.69) is 0 Å². The van der Waals surface area contributed by atoms with Gasteiger partial charge in [0.05, 0.1) is 6.10 Å². The highest BCUT2D eigenvalue weighted by atomic mass is 16.6. The molecule has 0 amide bonds. The third-order valence-corrected chi connectivity index (χ3v) is 1.65. The van der Waals surface area contributed by atoms with E-state index in [1.54, 1.807) is 0 Å². The summed E-state index contributed by atoms with van der Waals surface area (Å²) in [6.45, 7) is 3.91. The summed E-state index contributed by atoms with van der Waals surface area (Å²) < 4.78 is 5.07. The summed E-state index contributed by atoms with van der Waals surface area (Å²) in [5.74, 6) is 0.252. The minimum absolute atomic E-state index is 0.0417. The molecule has 0 spiro atoms. The highest BCUT2D eigenvalue weighted by molar-refractivity contribution is 5.85. The van der Waals surface area contributed by atoms with Gasteiger partial charge in [-0.25, -0.2) is 0 Å². The van der Waals surface area contributed by atoms with Gasteiger partial charge in [-0.2, -0.15) is 0 Å². The Balaban J connectivity index is 2.25. The van der Waals surface area contributed by atoms with Crippen molar-refractivity contribution < 1.29 is 9.53 Å². The number of hydrogen-bond acceptors (Lipinski definition) is 2. The molecule has 2 heteroatoms. The van der Waals surface area contributed by atoms with Gasteiger partial charge in [0.2, 0.25) is 0 Å². The average molecular weight is 128 g/mol. The van der Waals surface area contributed by atoms with E-state index in [4.69, 9.17) is 4.74 Å².